The predicted octanol–water partition coefficient (Wildman–Crippen LogP) is 1.78. The van der Waals surface area contributed by atoms with Gasteiger partial charge in [-0.3, -0.25) is 0 Å². The molecule has 0 spiro atoms. The van der Waals surface area contributed by atoms with Crippen molar-refractivity contribution in [2.75, 3.05) is 6.61 Å². The Hall–Kier alpha value is -0.820. The summed E-state index contributed by atoms with van der Waals surface area (Å²) in [6.07, 6.45) is 0. The van der Waals surface area contributed by atoms with Gasteiger partial charge in [0, 0.05) is 13.9 Å². The molecule has 0 aliphatic rings. The molecular weight excluding hydrogens is 124 g/mol. The molecule has 0 heterocycles. The SMILES string of the molecule is [2H][C@](C)(CO)c1ccccc1. The fourth-order valence-electron chi connectivity index (χ4n) is 0.814. The van der Waals surface area contributed by atoms with E-state index >= 15 is 0 Å². The van der Waals surface area contributed by atoms with Crippen LogP contribution in [0.2, 0.25) is 0 Å². The van der Waals surface area contributed by atoms with E-state index in [9.17, 15) is 0 Å². The summed E-state index contributed by atoms with van der Waals surface area (Å²) in [7, 11) is 0. The summed E-state index contributed by atoms with van der Waals surface area (Å²) in [6.45, 7) is 1.55. The first-order valence-corrected chi connectivity index (χ1v) is 3.33. The summed E-state index contributed by atoms with van der Waals surface area (Å²) in [4.78, 5) is 0. The largest absolute Gasteiger partial charge is 0.396 e. The molecule has 1 heteroatoms. The summed E-state index contributed by atoms with van der Waals surface area (Å²) in [5, 5.41) is 8.86. The highest BCUT2D eigenvalue weighted by molar-refractivity contribution is 5.18. The van der Waals surface area contributed by atoms with Gasteiger partial charge < -0.3 is 5.11 Å². The predicted molar refractivity (Wildman–Crippen MR) is 41.9 cm³/mol. The Bertz CT molecular complexity index is 218. The van der Waals surface area contributed by atoms with Crippen molar-refractivity contribution in [1.29, 1.82) is 0 Å². The van der Waals surface area contributed by atoms with Crippen molar-refractivity contribution in [2.24, 2.45) is 0 Å². The highest BCUT2D eigenvalue weighted by Gasteiger charge is 2.00. The summed E-state index contributed by atoms with van der Waals surface area (Å²) < 4.78 is 7.67. The molecule has 0 saturated heterocycles. The van der Waals surface area contributed by atoms with Crippen LogP contribution < -0.4 is 0 Å². The molecule has 54 valence electrons. The number of rotatable bonds is 2. The summed E-state index contributed by atoms with van der Waals surface area (Å²) in [5.41, 5.74) is 0.850. The second kappa shape index (κ2) is 3.37. The number of benzene rings is 1. The number of aliphatic hydroxyl groups excluding tert-OH is 1. The van der Waals surface area contributed by atoms with Crippen LogP contribution in [-0.4, -0.2) is 11.7 Å². The minimum atomic E-state index is -0.860. The smallest absolute Gasteiger partial charge is 0.0497 e. The fraction of sp³-hybridized carbons (Fsp3) is 0.333. The van der Waals surface area contributed by atoms with Gasteiger partial charge in [-0.1, -0.05) is 37.3 Å². The van der Waals surface area contributed by atoms with Gasteiger partial charge in [-0.25, -0.2) is 0 Å². The topological polar surface area (TPSA) is 20.2 Å². The van der Waals surface area contributed by atoms with E-state index in [1.807, 2.05) is 30.3 Å². The van der Waals surface area contributed by atoms with E-state index in [4.69, 9.17) is 6.48 Å². The summed E-state index contributed by atoms with van der Waals surface area (Å²) in [6, 6.07) is 9.35. The van der Waals surface area contributed by atoms with E-state index in [2.05, 4.69) is 0 Å². The van der Waals surface area contributed by atoms with Gasteiger partial charge in [-0.2, -0.15) is 0 Å². The van der Waals surface area contributed by atoms with E-state index in [0.29, 0.717) is 0 Å². The lowest BCUT2D eigenvalue weighted by atomic mass is 10.0. The monoisotopic (exact) mass is 137 g/mol. The first-order chi connectivity index (χ1) is 5.17. The molecule has 0 fully saturated rings. The standard InChI is InChI=1S/C9H12O/c1-8(7-10)9-5-3-2-4-6-9/h2-6,8,10H,7H2,1H3/t8-/m0/s1/i8D. The molecule has 1 aromatic carbocycles. The van der Waals surface area contributed by atoms with Crippen molar-refractivity contribution >= 4 is 0 Å². The zero-order valence-corrected chi connectivity index (χ0v) is 6.04. The van der Waals surface area contributed by atoms with Gasteiger partial charge in [0.15, 0.2) is 0 Å². The van der Waals surface area contributed by atoms with Crippen LogP contribution in [-0.2, 0) is 0 Å². The van der Waals surface area contributed by atoms with E-state index in [1.54, 1.807) is 6.92 Å². The molecule has 0 unspecified atom stereocenters. The fourth-order valence-corrected chi connectivity index (χ4v) is 0.814. The van der Waals surface area contributed by atoms with Crippen molar-refractivity contribution in [3.8, 4) is 0 Å². The van der Waals surface area contributed by atoms with Crippen LogP contribution in [0, 0.1) is 0 Å². The number of aliphatic hydroxyl groups is 1. The van der Waals surface area contributed by atoms with E-state index in [1.165, 1.54) is 0 Å². The maximum absolute atomic E-state index is 8.86. The molecule has 1 atom stereocenters. The molecule has 10 heavy (non-hydrogen) atoms. The van der Waals surface area contributed by atoms with Gasteiger partial charge in [0.25, 0.3) is 0 Å². The van der Waals surface area contributed by atoms with Crippen LogP contribution in [0.1, 0.15) is 19.8 Å². The highest BCUT2D eigenvalue weighted by Crippen LogP contribution is 2.12. The van der Waals surface area contributed by atoms with Crippen molar-refractivity contribution in [1.82, 2.24) is 0 Å². The quantitative estimate of drug-likeness (QED) is 0.658. The molecule has 1 rings (SSSR count). The molecule has 1 nitrogen and oxygen atoms in total. The van der Waals surface area contributed by atoms with E-state index < -0.39 is 5.89 Å². The second-order valence-electron chi connectivity index (χ2n) is 2.30. The first-order valence-electron chi connectivity index (χ1n) is 3.83. The normalized spacial score (nSPS) is 17.6. The molecular formula is C9H12O. The summed E-state index contributed by atoms with van der Waals surface area (Å²) >= 11 is 0. The van der Waals surface area contributed by atoms with Gasteiger partial charge in [0.1, 0.15) is 0 Å². The van der Waals surface area contributed by atoms with E-state index in [-0.39, 0.29) is 6.61 Å². The van der Waals surface area contributed by atoms with Crippen LogP contribution >= 0.6 is 0 Å². The van der Waals surface area contributed by atoms with Crippen LogP contribution in [0.4, 0.5) is 0 Å². The summed E-state index contributed by atoms with van der Waals surface area (Å²) in [5.74, 6) is -0.860. The Labute approximate surface area is 62.7 Å². The van der Waals surface area contributed by atoms with Crippen molar-refractivity contribution in [3.05, 3.63) is 35.9 Å². The maximum Gasteiger partial charge on any atom is 0.0497 e. The highest BCUT2D eigenvalue weighted by atomic mass is 16.3. The van der Waals surface area contributed by atoms with E-state index in [0.717, 1.165) is 5.56 Å². The Kier molecular flexibility index (Phi) is 2.00. The molecule has 0 aliphatic heterocycles. The molecule has 0 aromatic heterocycles. The Morgan fingerprint density at radius 1 is 1.50 bits per heavy atom. The Balaban J connectivity index is 2.93. The third-order valence-electron chi connectivity index (χ3n) is 1.50. The van der Waals surface area contributed by atoms with Crippen LogP contribution in [0.3, 0.4) is 0 Å². The number of hydrogen-bond donors (Lipinski definition) is 1. The zero-order valence-electron chi connectivity index (χ0n) is 7.04. The molecule has 1 N–H and O–H groups in total. The molecule has 0 radical (unpaired) electrons. The van der Waals surface area contributed by atoms with Crippen molar-refractivity contribution in [3.63, 3.8) is 0 Å². The lowest BCUT2D eigenvalue weighted by molar-refractivity contribution is 0.273. The Morgan fingerprint density at radius 3 is 2.60 bits per heavy atom. The zero-order chi connectivity index (χ0) is 8.32. The average molecular weight is 137 g/mol. The van der Waals surface area contributed by atoms with Gasteiger partial charge in [0.2, 0.25) is 0 Å². The van der Waals surface area contributed by atoms with Crippen LogP contribution in [0.5, 0.6) is 0 Å². The second-order valence-corrected chi connectivity index (χ2v) is 2.30. The van der Waals surface area contributed by atoms with Crippen molar-refractivity contribution < 1.29 is 6.48 Å². The molecule has 0 amide bonds. The lowest BCUT2D eigenvalue weighted by Crippen LogP contribution is -1.97. The van der Waals surface area contributed by atoms with Gasteiger partial charge in [-0.15, -0.1) is 0 Å². The van der Waals surface area contributed by atoms with Gasteiger partial charge >= 0.3 is 0 Å². The Morgan fingerprint density at radius 2 is 2.10 bits per heavy atom. The molecule has 0 bridgehead atoms. The third-order valence-corrected chi connectivity index (χ3v) is 1.50. The van der Waals surface area contributed by atoms with Gasteiger partial charge in [0.05, 0.1) is 0 Å². The molecule has 0 aliphatic carbocycles. The van der Waals surface area contributed by atoms with Crippen LogP contribution in [0.25, 0.3) is 0 Å². The van der Waals surface area contributed by atoms with Crippen molar-refractivity contribution in [2.45, 2.75) is 12.8 Å². The third kappa shape index (κ3) is 1.58. The van der Waals surface area contributed by atoms with Gasteiger partial charge in [-0.05, 0) is 5.56 Å². The minimum absolute atomic E-state index is 0.142. The minimum Gasteiger partial charge on any atom is -0.396 e. The maximum atomic E-state index is 8.86. The molecule has 1 aromatic rings. The average Bonchev–Trinajstić information content (AvgIpc) is 2.06. The number of hydrogen-bond acceptors (Lipinski definition) is 1. The first kappa shape index (κ1) is 5.93. The lowest BCUT2D eigenvalue weighted by Gasteiger charge is -2.05. The molecule has 0 saturated carbocycles. The van der Waals surface area contributed by atoms with Crippen LogP contribution in [0.15, 0.2) is 30.3 Å².